The Hall–Kier alpha value is -1.73. The van der Waals surface area contributed by atoms with Crippen LogP contribution in [0.3, 0.4) is 0 Å². The summed E-state index contributed by atoms with van der Waals surface area (Å²) < 4.78 is 0. The highest BCUT2D eigenvalue weighted by Gasteiger charge is 2.12. The zero-order valence-corrected chi connectivity index (χ0v) is 10.9. The van der Waals surface area contributed by atoms with Gasteiger partial charge in [0.05, 0.1) is 6.04 Å². The summed E-state index contributed by atoms with van der Waals surface area (Å²) in [5.41, 5.74) is 2.19. The number of hydrogen-bond donors (Lipinski definition) is 1. The number of anilines is 1. The molecule has 0 aliphatic carbocycles. The fourth-order valence-electron chi connectivity index (χ4n) is 1.92. The molecule has 0 spiro atoms. The smallest absolute Gasteiger partial charge is 0.0562 e. The summed E-state index contributed by atoms with van der Waals surface area (Å²) in [6.07, 6.45) is 2.74. The van der Waals surface area contributed by atoms with Gasteiger partial charge in [-0.3, -0.25) is 0 Å². The van der Waals surface area contributed by atoms with Crippen molar-refractivity contribution in [3.8, 4) is 0 Å². The maximum absolute atomic E-state index is 6.25. The minimum Gasteiger partial charge on any atom is -0.378 e. The highest BCUT2D eigenvalue weighted by atomic mass is 35.5. The zero-order chi connectivity index (χ0) is 12.8. The van der Waals surface area contributed by atoms with E-state index in [2.05, 4.69) is 11.9 Å². The second-order valence-corrected chi connectivity index (χ2v) is 4.52. The molecule has 0 bridgehead atoms. The molecule has 1 nitrogen and oxygen atoms in total. The molecule has 2 aromatic carbocycles. The Kier molecular flexibility index (Phi) is 4.43. The van der Waals surface area contributed by atoms with Crippen molar-refractivity contribution in [3.63, 3.8) is 0 Å². The van der Waals surface area contributed by atoms with Crippen LogP contribution in [0.1, 0.15) is 18.0 Å². The lowest BCUT2D eigenvalue weighted by molar-refractivity contribution is 0.799. The molecule has 0 saturated heterocycles. The molecule has 1 atom stereocenters. The monoisotopic (exact) mass is 257 g/mol. The van der Waals surface area contributed by atoms with Gasteiger partial charge in [0.25, 0.3) is 0 Å². The molecule has 0 unspecified atom stereocenters. The van der Waals surface area contributed by atoms with E-state index in [0.29, 0.717) is 0 Å². The summed E-state index contributed by atoms with van der Waals surface area (Å²) in [6, 6.07) is 18.2. The Balaban J connectivity index is 2.24. The third-order valence-corrected chi connectivity index (χ3v) is 3.14. The predicted octanol–water partition coefficient (Wildman–Crippen LogP) is 5.07. The Labute approximate surface area is 113 Å². The second-order valence-electron chi connectivity index (χ2n) is 4.11. The maximum atomic E-state index is 6.25. The molecule has 2 rings (SSSR count). The van der Waals surface area contributed by atoms with E-state index in [1.165, 1.54) is 0 Å². The average molecular weight is 258 g/mol. The summed E-state index contributed by atoms with van der Waals surface area (Å²) in [4.78, 5) is 0. The second kappa shape index (κ2) is 6.27. The van der Waals surface area contributed by atoms with Crippen molar-refractivity contribution in [1.29, 1.82) is 0 Å². The molecule has 0 fully saturated rings. The SMILES string of the molecule is C=CC[C@H](Nc1ccccc1)c1ccccc1Cl. The summed E-state index contributed by atoms with van der Waals surface area (Å²) in [5, 5.41) is 4.27. The molecular weight excluding hydrogens is 242 g/mol. The van der Waals surface area contributed by atoms with E-state index in [1.54, 1.807) is 0 Å². The van der Waals surface area contributed by atoms with Crippen LogP contribution < -0.4 is 5.32 Å². The van der Waals surface area contributed by atoms with Crippen molar-refractivity contribution >= 4 is 17.3 Å². The first-order valence-electron chi connectivity index (χ1n) is 5.98. The largest absolute Gasteiger partial charge is 0.378 e. The van der Waals surface area contributed by atoms with Crippen LogP contribution in [-0.2, 0) is 0 Å². The van der Waals surface area contributed by atoms with Gasteiger partial charge in [0.1, 0.15) is 0 Å². The molecule has 0 amide bonds. The van der Waals surface area contributed by atoms with E-state index in [0.717, 1.165) is 22.7 Å². The average Bonchev–Trinajstić information content (AvgIpc) is 2.40. The summed E-state index contributed by atoms with van der Waals surface area (Å²) >= 11 is 6.25. The van der Waals surface area contributed by atoms with Crippen molar-refractivity contribution in [2.24, 2.45) is 0 Å². The molecule has 0 aliphatic rings. The van der Waals surface area contributed by atoms with Gasteiger partial charge in [0.2, 0.25) is 0 Å². The molecule has 0 aliphatic heterocycles. The fraction of sp³-hybridized carbons (Fsp3) is 0.125. The van der Waals surface area contributed by atoms with Gasteiger partial charge in [-0.1, -0.05) is 54.1 Å². The van der Waals surface area contributed by atoms with Gasteiger partial charge in [-0.2, -0.15) is 0 Å². The zero-order valence-electron chi connectivity index (χ0n) is 10.1. The fourth-order valence-corrected chi connectivity index (χ4v) is 2.19. The number of hydrogen-bond acceptors (Lipinski definition) is 1. The van der Waals surface area contributed by atoms with Crippen molar-refractivity contribution in [1.82, 2.24) is 0 Å². The van der Waals surface area contributed by atoms with Gasteiger partial charge in [0, 0.05) is 10.7 Å². The number of nitrogens with one attached hydrogen (secondary N) is 1. The Bertz CT molecular complexity index is 508. The van der Waals surface area contributed by atoms with Gasteiger partial charge in [-0.25, -0.2) is 0 Å². The molecule has 0 heterocycles. The summed E-state index contributed by atoms with van der Waals surface area (Å²) in [7, 11) is 0. The number of benzene rings is 2. The van der Waals surface area contributed by atoms with Gasteiger partial charge in [-0.15, -0.1) is 6.58 Å². The highest BCUT2D eigenvalue weighted by Crippen LogP contribution is 2.28. The van der Waals surface area contributed by atoms with Crippen LogP contribution in [0, 0.1) is 0 Å². The lowest BCUT2D eigenvalue weighted by Gasteiger charge is -2.20. The first-order valence-corrected chi connectivity index (χ1v) is 6.36. The van der Waals surface area contributed by atoms with Crippen LogP contribution in [0.25, 0.3) is 0 Å². The topological polar surface area (TPSA) is 12.0 Å². The third-order valence-electron chi connectivity index (χ3n) is 2.80. The molecule has 0 saturated carbocycles. The van der Waals surface area contributed by atoms with Crippen LogP contribution in [0.2, 0.25) is 5.02 Å². The molecule has 1 N–H and O–H groups in total. The first-order chi connectivity index (χ1) is 8.81. The summed E-state index contributed by atoms with van der Waals surface area (Å²) in [6.45, 7) is 3.81. The van der Waals surface area contributed by atoms with Crippen molar-refractivity contribution < 1.29 is 0 Å². The van der Waals surface area contributed by atoms with Gasteiger partial charge < -0.3 is 5.32 Å². The Morgan fingerprint density at radius 3 is 2.39 bits per heavy atom. The van der Waals surface area contributed by atoms with E-state index < -0.39 is 0 Å². The van der Waals surface area contributed by atoms with Crippen LogP contribution in [0.5, 0.6) is 0 Å². The molecule has 2 aromatic rings. The molecule has 0 aromatic heterocycles. The van der Waals surface area contributed by atoms with Crippen molar-refractivity contribution in [2.45, 2.75) is 12.5 Å². The minimum absolute atomic E-state index is 0.151. The molecule has 18 heavy (non-hydrogen) atoms. The molecule has 2 heteroatoms. The highest BCUT2D eigenvalue weighted by molar-refractivity contribution is 6.31. The van der Waals surface area contributed by atoms with Gasteiger partial charge >= 0.3 is 0 Å². The Morgan fingerprint density at radius 2 is 1.72 bits per heavy atom. The van der Waals surface area contributed by atoms with Crippen molar-refractivity contribution in [2.75, 3.05) is 5.32 Å². The van der Waals surface area contributed by atoms with Crippen LogP contribution in [0.4, 0.5) is 5.69 Å². The van der Waals surface area contributed by atoms with Crippen molar-refractivity contribution in [3.05, 3.63) is 77.8 Å². The van der Waals surface area contributed by atoms with E-state index in [-0.39, 0.29) is 6.04 Å². The number of rotatable bonds is 5. The predicted molar refractivity (Wildman–Crippen MR) is 79.1 cm³/mol. The van der Waals surface area contributed by atoms with E-state index in [9.17, 15) is 0 Å². The number of para-hydroxylation sites is 1. The van der Waals surface area contributed by atoms with Crippen LogP contribution >= 0.6 is 11.6 Å². The number of halogens is 1. The third kappa shape index (κ3) is 3.14. The van der Waals surface area contributed by atoms with Crippen LogP contribution in [-0.4, -0.2) is 0 Å². The molecule has 92 valence electrons. The molecule has 0 radical (unpaired) electrons. The van der Waals surface area contributed by atoms with E-state index in [4.69, 9.17) is 11.6 Å². The quantitative estimate of drug-likeness (QED) is 0.738. The maximum Gasteiger partial charge on any atom is 0.0562 e. The normalized spacial score (nSPS) is 11.8. The van der Waals surface area contributed by atoms with Gasteiger partial charge in [0.15, 0.2) is 0 Å². The standard InChI is InChI=1S/C16H16ClN/c1-2-8-16(14-11-6-7-12-15(14)17)18-13-9-4-3-5-10-13/h2-7,9-12,16,18H,1,8H2/t16-/m0/s1. The minimum atomic E-state index is 0.151. The first kappa shape index (κ1) is 12.7. The van der Waals surface area contributed by atoms with E-state index in [1.807, 2.05) is 60.7 Å². The van der Waals surface area contributed by atoms with Gasteiger partial charge in [-0.05, 0) is 30.2 Å². The molecular formula is C16H16ClN. The van der Waals surface area contributed by atoms with Crippen LogP contribution in [0.15, 0.2) is 67.3 Å². The lowest BCUT2D eigenvalue weighted by atomic mass is 10.0. The lowest BCUT2D eigenvalue weighted by Crippen LogP contribution is -2.10. The Morgan fingerprint density at radius 1 is 1.06 bits per heavy atom. The summed E-state index contributed by atoms with van der Waals surface area (Å²) in [5.74, 6) is 0. The van der Waals surface area contributed by atoms with E-state index >= 15 is 0 Å².